The Balaban J connectivity index is 3.05. The van der Waals surface area contributed by atoms with Crippen molar-refractivity contribution in [2.75, 3.05) is 0 Å². The van der Waals surface area contributed by atoms with E-state index in [1.807, 2.05) is 0 Å². The van der Waals surface area contributed by atoms with Crippen LogP contribution in [0.1, 0.15) is 67.7 Å². The molecule has 84 valence electrons. The van der Waals surface area contributed by atoms with Crippen molar-refractivity contribution >= 4 is 0 Å². The van der Waals surface area contributed by atoms with Gasteiger partial charge in [-0.25, -0.2) is 0 Å². The van der Waals surface area contributed by atoms with Gasteiger partial charge in [0.15, 0.2) is 0 Å². The van der Waals surface area contributed by atoms with Gasteiger partial charge in [0.1, 0.15) is 0 Å². The smallest absolute Gasteiger partial charge is 0.0198 e. The predicted octanol–water partition coefficient (Wildman–Crippen LogP) is 4.89. The van der Waals surface area contributed by atoms with Crippen molar-refractivity contribution in [2.45, 2.75) is 67.7 Å². The molecule has 0 amide bonds. The van der Waals surface area contributed by atoms with Gasteiger partial charge in [-0.15, -0.1) is 0 Å². The van der Waals surface area contributed by atoms with E-state index in [1.54, 1.807) is 0 Å². The lowest BCUT2D eigenvalue weighted by Crippen LogP contribution is -2.44. The fourth-order valence-electron chi connectivity index (χ4n) is 3.78. The van der Waals surface area contributed by atoms with Gasteiger partial charge in [-0.3, -0.25) is 0 Å². The van der Waals surface area contributed by atoms with Crippen molar-refractivity contribution in [1.29, 1.82) is 0 Å². The van der Waals surface area contributed by atoms with Crippen molar-refractivity contribution < 1.29 is 0 Å². The number of hydrogen-bond donors (Lipinski definition) is 0. The first-order chi connectivity index (χ1) is 6.10. The quantitative estimate of drug-likeness (QED) is 0.518. The Morgan fingerprint density at radius 2 is 1.36 bits per heavy atom. The fourth-order valence-corrected chi connectivity index (χ4v) is 3.78. The topological polar surface area (TPSA) is 0 Å². The van der Waals surface area contributed by atoms with E-state index in [0.717, 1.165) is 5.92 Å². The Kier molecular flexibility index (Phi) is 2.80. The maximum atomic E-state index is 2.43. The molecule has 0 aromatic carbocycles. The molecule has 0 aliphatic heterocycles. The summed E-state index contributed by atoms with van der Waals surface area (Å²) in [4.78, 5) is 0. The van der Waals surface area contributed by atoms with E-state index in [9.17, 15) is 0 Å². The van der Waals surface area contributed by atoms with Crippen molar-refractivity contribution in [2.24, 2.45) is 22.2 Å². The molecule has 1 aliphatic carbocycles. The molecule has 0 unspecified atom stereocenters. The van der Waals surface area contributed by atoms with Gasteiger partial charge in [0.2, 0.25) is 0 Å². The minimum Gasteiger partial charge on any atom is -0.0625 e. The standard InChI is InChI=1S/C14H28/c1-11-8-9-14(10-11,12(2,3)4)13(5,6)7/h11H,8-10H2,1-7H3/t11-/m1/s1. The summed E-state index contributed by atoms with van der Waals surface area (Å²) in [6.07, 6.45) is 4.26. The van der Waals surface area contributed by atoms with Gasteiger partial charge in [-0.2, -0.15) is 0 Å². The first-order valence-electron chi connectivity index (χ1n) is 6.10. The zero-order valence-electron chi connectivity index (χ0n) is 11.2. The zero-order valence-corrected chi connectivity index (χ0v) is 11.2. The lowest BCUT2D eigenvalue weighted by atomic mass is 9.53. The highest BCUT2D eigenvalue weighted by Gasteiger charge is 2.53. The van der Waals surface area contributed by atoms with Crippen LogP contribution in [0.4, 0.5) is 0 Å². The van der Waals surface area contributed by atoms with E-state index in [2.05, 4.69) is 48.5 Å². The summed E-state index contributed by atoms with van der Waals surface area (Å²) in [6, 6.07) is 0. The molecule has 0 N–H and O–H groups in total. The van der Waals surface area contributed by atoms with Gasteiger partial charge < -0.3 is 0 Å². The molecule has 1 rings (SSSR count). The van der Waals surface area contributed by atoms with Gasteiger partial charge in [-0.1, -0.05) is 54.9 Å². The van der Waals surface area contributed by atoms with Crippen molar-refractivity contribution in [3.63, 3.8) is 0 Å². The molecule has 0 spiro atoms. The first-order valence-corrected chi connectivity index (χ1v) is 6.10. The summed E-state index contributed by atoms with van der Waals surface area (Å²) < 4.78 is 0. The number of rotatable bonds is 0. The zero-order chi connectivity index (χ0) is 11.2. The van der Waals surface area contributed by atoms with Crippen molar-refractivity contribution in [1.82, 2.24) is 0 Å². The van der Waals surface area contributed by atoms with Gasteiger partial charge in [-0.05, 0) is 35.0 Å². The largest absolute Gasteiger partial charge is 0.0625 e. The lowest BCUT2D eigenvalue weighted by Gasteiger charge is -2.52. The molecule has 0 aromatic rings. The summed E-state index contributed by atoms with van der Waals surface area (Å²) in [5, 5.41) is 0. The van der Waals surface area contributed by atoms with Crippen LogP contribution in [0.25, 0.3) is 0 Å². The molecule has 0 radical (unpaired) electrons. The molecule has 0 heteroatoms. The van der Waals surface area contributed by atoms with E-state index in [0.29, 0.717) is 16.2 Å². The van der Waals surface area contributed by atoms with Crippen LogP contribution in [0, 0.1) is 22.2 Å². The van der Waals surface area contributed by atoms with Gasteiger partial charge in [0.25, 0.3) is 0 Å². The molecule has 0 saturated heterocycles. The summed E-state index contributed by atoms with van der Waals surface area (Å²) in [5.74, 6) is 0.924. The Morgan fingerprint density at radius 1 is 0.929 bits per heavy atom. The SMILES string of the molecule is C[C@@H]1CCC(C(C)(C)C)(C(C)(C)C)C1. The highest BCUT2D eigenvalue weighted by molar-refractivity contribution is 5.02. The van der Waals surface area contributed by atoms with E-state index >= 15 is 0 Å². The molecular weight excluding hydrogens is 168 g/mol. The number of hydrogen-bond acceptors (Lipinski definition) is 0. The van der Waals surface area contributed by atoms with E-state index in [4.69, 9.17) is 0 Å². The summed E-state index contributed by atoms with van der Waals surface area (Å²) >= 11 is 0. The average molecular weight is 196 g/mol. The average Bonchev–Trinajstić information content (AvgIpc) is 2.28. The molecule has 1 fully saturated rings. The predicted molar refractivity (Wildman–Crippen MR) is 64.4 cm³/mol. The second-order valence-electron chi connectivity index (χ2n) is 7.43. The van der Waals surface area contributed by atoms with Crippen LogP contribution in [0.5, 0.6) is 0 Å². The lowest BCUT2D eigenvalue weighted by molar-refractivity contribution is -0.0285. The molecule has 1 atom stereocenters. The highest BCUT2D eigenvalue weighted by Crippen LogP contribution is 2.62. The van der Waals surface area contributed by atoms with Crippen molar-refractivity contribution in [3.05, 3.63) is 0 Å². The van der Waals surface area contributed by atoms with Gasteiger partial charge in [0, 0.05) is 0 Å². The second-order valence-corrected chi connectivity index (χ2v) is 7.43. The highest BCUT2D eigenvalue weighted by atomic mass is 14.6. The molecule has 1 saturated carbocycles. The molecule has 0 bridgehead atoms. The third kappa shape index (κ3) is 1.73. The Hall–Kier alpha value is 0. The van der Waals surface area contributed by atoms with Gasteiger partial charge >= 0.3 is 0 Å². The monoisotopic (exact) mass is 196 g/mol. The first kappa shape index (κ1) is 12.1. The van der Waals surface area contributed by atoms with Crippen LogP contribution < -0.4 is 0 Å². The maximum Gasteiger partial charge on any atom is -0.0198 e. The third-order valence-corrected chi connectivity index (χ3v) is 4.63. The van der Waals surface area contributed by atoms with Crippen LogP contribution in [-0.2, 0) is 0 Å². The second kappa shape index (κ2) is 3.25. The molecule has 14 heavy (non-hydrogen) atoms. The minimum absolute atomic E-state index is 0.440. The van der Waals surface area contributed by atoms with E-state index < -0.39 is 0 Å². The molecule has 0 aromatic heterocycles. The van der Waals surface area contributed by atoms with Gasteiger partial charge in [0.05, 0.1) is 0 Å². The summed E-state index contributed by atoms with van der Waals surface area (Å²) in [7, 11) is 0. The van der Waals surface area contributed by atoms with Crippen LogP contribution in [0.3, 0.4) is 0 Å². The minimum atomic E-state index is 0.440. The summed E-state index contributed by atoms with van der Waals surface area (Å²) in [5.41, 5.74) is 1.42. The Labute approximate surface area is 90.5 Å². The van der Waals surface area contributed by atoms with Crippen LogP contribution in [-0.4, -0.2) is 0 Å². The normalized spacial score (nSPS) is 28.1. The molecule has 1 aliphatic rings. The Morgan fingerprint density at radius 3 is 1.50 bits per heavy atom. The Bertz CT molecular complexity index is 185. The molecular formula is C14H28. The third-order valence-electron chi connectivity index (χ3n) is 4.63. The van der Waals surface area contributed by atoms with Crippen LogP contribution in [0.2, 0.25) is 0 Å². The summed E-state index contributed by atoms with van der Waals surface area (Å²) in [6.45, 7) is 17.0. The van der Waals surface area contributed by atoms with Crippen LogP contribution in [0.15, 0.2) is 0 Å². The van der Waals surface area contributed by atoms with E-state index in [1.165, 1.54) is 19.3 Å². The maximum absolute atomic E-state index is 2.43. The van der Waals surface area contributed by atoms with E-state index in [-0.39, 0.29) is 0 Å². The fraction of sp³-hybridized carbons (Fsp3) is 1.00. The molecule has 0 heterocycles. The van der Waals surface area contributed by atoms with Crippen LogP contribution >= 0.6 is 0 Å². The molecule has 0 nitrogen and oxygen atoms in total. The van der Waals surface area contributed by atoms with Crippen molar-refractivity contribution in [3.8, 4) is 0 Å².